The van der Waals surface area contributed by atoms with E-state index in [-0.39, 0.29) is 0 Å². The molecule has 3 aromatic carbocycles. The van der Waals surface area contributed by atoms with Crippen LogP contribution in [0.2, 0.25) is 0 Å². The van der Waals surface area contributed by atoms with Gasteiger partial charge in [-0.3, -0.25) is 0 Å². The van der Waals surface area contributed by atoms with Gasteiger partial charge < -0.3 is 5.73 Å². The van der Waals surface area contributed by atoms with E-state index in [4.69, 9.17) is 5.73 Å². The lowest BCUT2D eigenvalue weighted by molar-refractivity contribution is 1.46. The van der Waals surface area contributed by atoms with Crippen LogP contribution in [0, 0.1) is 6.20 Å². The molecular weight excluding hydrogens is 254 g/mol. The first-order chi connectivity index (χ1) is 10.4. The summed E-state index contributed by atoms with van der Waals surface area (Å²) >= 11 is 0. The molecule has 0 saturated carbocycles. The molecular formula is C20H16N. The maximum atomic E-state index is 5.80. The average Bonchev–Trinajstić information content (AvgIpc) is 2.58. The van der Waals surface area contributed by atoms with E-state index in [0.29, 0.717) is 0 Å². The molecule has 0 amide bonds. The van der Waals surface area contributed by atoms with E-state index < -0.39 is 0 Å². The van der Waals surface area contributed by atoms with Crippen LogP contribution in [0.25, 0.3) is 16.7 Å². The Kier molecular flexibility index (Phi) is 3.83. The number of nitrogens with two attached hydrogens (primary N) is 1. The highest BCUT2D eigenvalue weighted by Gasteiger charge is 2.10. The highest BCUT2D eigenvalue weighted by atomic mass is 14.5. The van der Waals surface area contributed by atoms with Crippen LogP contribution in [0.5, 0.6) is 0 Å². The Morgan fingerprint density at radius 2 is 1.24 bits per heavy atom. The monoisotopic (exact) mass is 270 g/mol. The van der Waals surface area contributed by atoms with E-state index in [1.54, 1.807) is 0 Å². The first kappa shape index (κ1) is 13.2. The van der Waals surface area contributed by atoms with Gasteiger partial charge in [-0.2, -0.15) is 0 Å². The molecule has 0 heterocycles. The SMILES string of the molecule is N[C]=C(c1ccccc1)c1ccccc1-c1ccccc1. The van der Waals surface area contributed by atoms with Gasteiger partial charge in [0.05, 0.1) is 6.20 Å². The first-order valence-electron chi connectivity index (χ1n) is 6.94. The Bertz CT molecular complexity index is 743. The molecule has 3 rings (SSSR count). The van der Waals surface area contributed by atoms with Gasteiger partial charge in [0.1, 0.15) is 0 Å². The number of hydrogen-bond donors (Lipinski definition) is 1. The lowest BCUT2D eigenvalue weighted by atomic mass is 9.91. The third kappa shape index (κ3) is 2.72. The molecule has 0 unspecified atom stereocenters. The minimum absolute atomic E-state index is 0.926. The largest absolute Gasteiger partial charge is 0.397 e. The standard InChI is InChI=1S/C20H16N/c21-15-20(17-11-5-2-6-12-17)19-14-8-7-13-18(19)16-9-3-1-4-10-16/h1-14H,21H2. The zero-order valence-corrected chi connectivity index (χ0v) is 11.7. The van der Waals surface area contributed by atoms with Gasteiger partial charge >= 0.3 is 0 Å². The summed E-state index contributed by atoms with van der Waals surface area (Å²) in [6.07, 6.45) is 2.86. The molecule has 21 heavy (non-hydrogen) atoms. The van der Waals surface area contributed by atoms with E-state index in [0.717, 1.165) is 22.3 Å². The maximum Gasteiger partial charge on any atom is 0.0640 e. The van der Waals surface area contributed by atoms with Crippen LogP contribution in [-0.4, -0.2) is 0 Å². The molecule has 0 saturated heterocycles. The van der Waals surface area contributed by atoms with E-state index >= 15 is 0 Å². The van der Waals surface area contributed by atoms with Crippen molar-refractivity contribution in [1.82, 2.24) is 0 Å². The second-order valence-electron chi connectivity index (χ2n) is 4.80. The molecule has 3 aromatic rings. The molecule has 0 atom stereocenters. The van der Waals surface area contributed by atoms with Gasteiger partial charge in [0, 0.05) is 5.57 Å². The van der Waals surface area contributed by atoms with Crippen LogP contribution in [-0.2, 0) is 0 Å². The predicted octanol–water partition coefficient (Wildman–Crippen LogP) is 4.50. The third-order valence-electron chi connectivity index (χ3n) is 3.49. The van der Waals surface area contributed by atoms with Gasteiger partial charge in [-0.15, -0.1) is 0 Å². The minimum atomic E-state index is 0.926. The quantitative estimate of drug-likeness (QED) is 0.696. The summed E-state index contributed by atoms with van der Waals surface area (Å²) in [5, 5.41) is 0. The fourth-order valence-corrected chi connectivity index (χ4v) is 2.49. The number of hydrogen-bond acceptors (Lipinski definition) is 1. The van der Waals surface area contributed by atoms with Crippen molar-refractivity contribution in [2.45, 2.75) is 0 Å². The molecule has 0 fully saturated rings. The van der Waals surface area contributed by atoms with Gasteiger partial charge in [-0.05, 0) is 22.3 Å². The van der Waals surface area contributed by atoms with Crippen molar-refractivity contribution in [3.63, 3.8) is 0 Å². The van der Waals surface area contributed by atoms with Gasteiger partial charge in [-0.25, -0.2) is 0 Å². The first-order valence-corrected chi connectivity index (χ1v) is 6.94. The van der Waals surface area contributed by atoms with Crippen molar-refractivity contribution in [2.24, 2.45) is 5.73 Å². The second-order valence-corrected chi connectivity index (χ2v) is 4.80. The summed E-state index contributed by atoms with van der Waals surface area (Å²) < 4.78 is 0. The topological polar surface area (TPSA) is 26.0 Å². The third-order valence-corrected chi connectivity index (χ3v) is 3.49. The van der Waals surface area contributed by atoms with Gasteiger partial charge in [0.15, 0.2) is 0 Å². The number of rotatable bonds is 3. The lowest BCUT2D eigenvalue weighted by Crippen LogP contribution is -1.95. The Labute approximate surface area is 125 Å². The Hall–Kier alpha value is -2.80. The molecule has 1 heteroatoms. The van der Waals surface area contributed by atoms with Crippen LogP contribution in [0.3, 0.4) is 0 Å². The molecule has 2 N–H and O–H groups in total. The zero-order chi connectivity index (χ0) is 14.5. The van der Waals surface area contributed by atoms with Crippen LogP contribution in [0.4, 0.5) is 0 Å². The van der Waals surface area contributed by atoms with E-state index in [9.17, 15) is 0 Å². The Balaban J connectivity index is 2.15. The van der Waals surface area contributed by atoms with E-state index in [2.05, 4.69) is 42.6 Å². The van der Waals surface area contributed by atoms with Crippen LogP contribution < -0.4 is 5.73 Å². The Morgan fingerprint density at radius 3 is 1.90 bits per heavy atom. The van der Waals surface area contributed by atoms with Crippen LogP contribution in [0.1, 0.15) is 11.1 Å². The molecule has 1 radical (unpaired) electrons. The predicted molar refractivity (Wildman–Crippen MR) is 88.3 cm³/mol. The maximum absolute atomic E-state index is 5.80. The van der Waals surface area contributed by atoms with Crippen molar-refractivity contribution >= 4 is 5.57 Å². The highest BCUT2D eigenvalue weighted by molar-refractivity contribution is 5.87. The zero-order valence-electron chi connectivity index (χ0n) is 11.7. The summed E-state index contributed by atoms with van der Waals surface area (Å²) in [4.78, 5) is 0. The van der Waals surface area contributed by atoms with Crippen LogP contribution in [0.15, 0.2) is 84.9 Å². The average molecular weight is 270 g/mol. The smallest absolute Gasteiger partial charge is 0.0640 e. The summed E-state index contributed by atoms with van der Waals surface area (Å²) in [7, 11) is 0. The van der Waals surface area contributed by atoms with Crippen molar-refractivity contribution < 1.29 is 0 Å². The van der Waals surface area contributed by atoms with Crippen molar-refractivity contribution in [3.05, 3.63) is 102 Å². The molecule has 0 aliphatic rings. The summed E-state index contributed by atoms with van der Waals surface area (Å²) in [6.45, 7) is 0. The van der Waals surface area contributed by atoms with E-state index in [1.165, 1.54) is 5.56 Å². The lowest BCUT2D eigenvalue weighted by Gasteiger charge is -2.13. The normalized spacial score (nSPS) is 11.3. The van der Waals surface area contributed by atoms with Gasteiger partial charge in [-0.1, -0.05) is 84.9 Å². The van der Waals surface area contributed by atoms with Crippen molar-refractivity contribution in [2.75, 3.05) is 0 Å². The Morgan fingerprint density at radius 1 is 0.667 bits per heavy atom. The summed E-state index contributed by atoms with van der Waals surface area (Å²) in [5.41, 5.74) is 11.2. The van der Waals surface area contributed by atoms with Crippen molar-refractivity contribution in [3.8, 4) is 11.1 Å². The molecule has 0 aliphatic carbocycles. The molecule has 0 aromatic heterocycles. The fraction of sp³-hybridized carbons (Fsp3) is 0. The molecule has 101 valence electrons. The fourth-order valence-electron chi connectivity index (χ4n) is 2.49. The van der Waals surface area contributed by atoms with Crippen molar-refractivity contribution in [1.29, 1.82) is 0 Å². The van der Waals surface area contributed by atoms with E-state index in [1.807, 2.05) is 48.5 Å². The summed E-state index contributed by atoms with van der Waals surface area (Å²) in [6, 6.07) is 28.7. The molecule has 0 spiro atoms. The van der Waals surface area contributed by atoms with Crippen LogP contribution >= 0.6 is 0 Å². The van der Waals surface area contributed by atoms with Gasteiger partial charge in [0.2, 0.25) is 0 Å². The molecule has 0 aliphatic heterocycles. The number of benzene rings is 3. The second kappa shape index (κ2) is 6.10. The molecule has 1 nitrogen and oxygen atoms in total. The minimum Gasteiger partial charge on any atom is -0.397 e. The summed E-state index contributed by atoms with van der Waals surface area (Å²) in [5.74, 6) is 0. The van der Waals surface area contributed by atoms with Gasteiger partial charge in [0.25, 0.3) is 0 Å². The highest BCUT2D eigenvalue weighted by Crippen LogP contribution is 2.31. The molecule has 0 bridgehead atoms.